The normalized spacial score (nSPS) is 24.2. The summed E-state index contributed by atoms with van der Waals surface area (Å²) in [6.07, 6.45) is 4.86. The minimum atomic E-state index is -0.709. The van der Waals surface area contributed by atoms with Crippen molar-refractivity contribution in [3.63, 3.8) is 0 Å². The van der Waals surface area contributed by atoms with Crippen LogP contribution in [-0.2, 0) is 11.2 Å². The van der Waals surface area contributed by atoms with Crippen molar-refractivity contribution in [2.24, 2.45) is 0 Å². The predicted octanol–water partition coefficient (Wildman–Crippen LogP) is 0.754. The van der Waals surface area contributed by atoms with E-state index >= 15 is 0 Å². The lowest BCUT2D eigenvalue weighted by Gasteiger charge is -2.31. The van der Waals surface area contributed by atoms with Gasteiger partial charge in [-0.3, -0.25) is 4.98 Å². The molecule has 1 fully saturated rings. The molecular formula is C13H20N2O2. The summed E-state index contributed by atoms with van der Waals surface area (Å²) in [5.41, 5.74) is 0.404. The van der Waals surface area contributed by atoms with E-state index in [0.29, 0.717) is 19.4 Å². The van der Waals surface area contributed by atoms with Gasteiger partial charge in [-0.2, -0.15) is 0 Å². The van der Waals surface area contributed by atoms with E-state index in [1.165, 1.54) is 0 Å². The van der Waals surface area contributed by atoms with Gasteiger partial charge in [0.1, 0.15) is 0 Å². The summed E-state index contributed by atoms with van der Waals surface area (Å²) < 4.78 is 5.39. The minimum Gasteiger partial charge on any atom is -0.390 e. The van der Waals surface area contributed by atoms with Crippen LogP contribution in [0.25, 0.3) is 0 Å². The Balaban J connectivity index is 1.89. The van der Waals surface area contributed by atoms with E-state index < -0.39 is 5.60 Å². The summed E-state index contributed by atoms with van der Waals surface area (Å²) >= 11 is 0. The van der Waals surface area contributed by atoms with Crippen LogP contribution in [0.1, 0.15) is 18.9 Å². The van der Waals surface area contributed by atoms with Gasteiger partial charge >= 0.3 is 0 Å². The highest BCUT2D eigenvalue weighted by molar-refractivity contribution is 5.12. The number of hydrogen-bond acceptors (Lipinski definition) is 4. The Bertz CT molecular complexity index is 335. The van der Waals surface area contributed by atoms with Crippen molar-refractivity contribution in [1.82, 2.24) is 10.3 Å². The van der Waals surface area contributed by atoms with E-state index in [1.807, 2.05) is 19.1 Å². The van der Waals surface area contributed by atoms with Crippen LogP contribution in [0.4, 0.5) is 0 Å². The van der Waals surface area contributed by atoms with Crippen LogP contribution >= 0.6 is 0 Å². The standard InChI is InChI=1S/C13H20N2O2/c1-13(16,8-11-2-4-14-5-3-11)9-12-10-17-7-6-15-12/h2-5,12,15-16H,6-10H2,1H3. The fraction of sp³-hybridized carbons (Fsp3) is 0.615. The van der Waals surface area contributed by atoms with Crippen LogP contribution in [0.15, 0.2) is 24.5 Å². The molecule has 1 aliphatic rings. The van der Waals surface area contributed by atoms with Gasteiger partial charge in [0.15, 0.2) is 0 Å². The summed E-state index contributed by atoms with van der Waals surface area (Å²) in [7, 11) is 0. The molecule has 1 aliphatic heterocycles. The summed E-state index contributed by atoms with van der Waals surface area (Å²) in [4.78, 5) is 3.98. The first-order chi connectivity index (χ1) is 8.16. The predicted molar refractivity (Wildman–Crippen MR) is 65.8 cm³/mol. The van der Waals surface area contributed by atoms with Crippen LogP contribution in [0.5, 0.6) is 0 Å². The Morgan fingerprint density at radius 3 is 2.94 bits per heavy atom. The zero-order valence-electron chi connectivity index (χ0n) is 10.2. The molecule has 2 atom stereocenters. The Kier molecular flexibility index (Phi) is 4.10. The molecule has 0 aliphatic carbocycles. The van der Waals surface area contributed by atoms with Gasteiger partial charge in [0.05, 0.1) is 18.8 Å². The number of nitrogens with zero attached hydrogens (tertiary/aromatic N) is 1. The zero-order valence-corrected chi connectivity index (χ0v) is 10.2. The number of pyridine rings is 1. The molecule has 1 saturated heterocycles. The molecule has 1 aromatic rings. The maximum Gasteiger partial charge on any atom is 0.0675 e. The number of aliphatic hydroxyl groups is 1. The highest BCUT2D eigenvalue weighted by atomic mass is 16.5. The molecule has 2 N–H and O–H groups in total. The topological polar surface area (TPSA) is 54.4 Å². The van der Waals surface area contributed by atoms with Crippen molar-refractivity contribution < 1.29 is 9.84 Å². The monoisotopic (exact) mass is 236 g/mol. The number of hydrogen-bond donors (Lipinski definition) is 2. The van der Waals surface area contributed by atoms with Crippen molar-refractivity contribution in [2.75, 3.05) is 19.8 Å². The van der Waals surface area contributed by atoms with E-state index in [1.54, 1.807) is 12.4 Å². The van der Waals surface area contributed by atoms with Gasteiger partial charge in [0, 0.05) is 31.4 Å². The van der Waals surface area contributed by atoms with Crippen molar-refractivity contribution in [3.05, 3.63) is 30.1 Å². The van der Waals surface area contributed by atoms with E-state index in [9.17, 15) is 5.11 Å². The summed E-state index contributed by atoms with van der Waals surface area (Å²) in [6.45, 7) is 4.20. The van der Waals surface area contributed by atoms with Gasteiger partial charge in [0.2, 0.25) is 0 Å². The molecule has 2 unspecified atom stereocenters. The lowest BCUT2D eigenvalue weighted by Crippen LogP contribution is -2.46. The summed E-state index contributed by atoms with van der Waals surface area (Å²) in [6, 6.07) is 4.14. The molecule has 0 radical (unpaired) electrons. The Morgan fingerprint density at radius 2 is 2.29 bits per heavy atom. The lowest BCUT2D eigenvalue weighted by atomic mass is 9.90. The van der Waals surface area contributed by atoms with E-state index in [4.69, 9.17) is 4.74 Å². The first-order valence-electron chi connectivity index (χ1n) is 6.08. The highest BCUT2D eigenvalue weighted by Gasteiger charge is 2.26. The van der Waals surface area contributed by atoms with Crippen LogP contribution < -0.4 is 5.32 Å². The maximum absolute atomic E-state index is 10.4. The number of nitrogens with one attached hydrogen (secondary N) is 1. The fourth-order valence-corrected chi connectivity index (χ4v) is 2.29. The molecule has 2 heterocycles. The SMILES string of the molecule is CC(O)(Cc1ccncc1)CC1COCCN1. The van der Waals surface area contributed by atoms with Gasteiger partial charge < -0.3 is 15.2 Å². The zero-order chi connectivity index (χ0) is 12.1. The number of morpholine rings is 1. The summed E-state index contributed by atoms with van der Waals surface area (Å²) in [5.74, 6) is 0. The van der Waals surface area contributed by atoms with Crippen molar-refractivity contribution in [1.29, 1.82) is 0 Å². The first-order valence-corrected chi connectivity index (χ1v) is 6.08. The quantitative estimate of drug-likeness (QED) is 0.810. The Hall–Kier alpha value is -0.970. The van der Waals surface area contributed by atoms with Gasteiger partial charge in [-0.25, -0.2) is 0 Å². The molecular weight excluding hydrogens is 216 g/mol. The second-order valence-electron chi connectivity index (χ2n) is 4.96. The second-order valence-corrected chi connectivity index (χ2v) is 4.96. The molecule has 94 valence electrons. The first kappa shape index (κ1) is 12.5. The molecule has 0 amide bonds. The van der Waals surface area contributed by atoms with Crippen LogP contribution in [0, 0.1) is 0 Å². The van der Waals surface area contributed by atoms with Crippen molar-refractivity contribution in [2.45, 2.75) is 31.4 Å². The Labute approximate surface area is 102 Å². The van der Waals surface area contributed by atoms with Crippen molar-refractivity contribution >= 4 is 0 Å². The molecule has 17 heavy (non-hydrogen) atoms. The third-order valence-corrected chi connectivity index (χ3v) is 3.02. The van der Waals surface area contributed by atoms with Crippen LogP contribution in [-0.4, -0.2) is 41.5 Å². The third-order valence-electron chi connectivity index (χ3n) is 3.02. The van der Waals surface area contributed by atoms with Crippen molar-refractivity contribution in [3.8, 4) is 0 Å². The van der Waals surface area contributed by atoms with Gasteiger partial charge in [-0.1, -0.05) is 0 Å². The molecule has 0 saturated carbocycles. The Morgan fingerprint density at radius 1 is 1.53 bits per heavy atom. The number of rotatable bonds is 4. The van der Waals surface area contributed by atoms with Gasteiger partial charge in [-0.15, -0.1) is 0 Å². The average molecular weight is 236 g/mol. The third kappa shape index (κ3) is 4.07. The number of aromatic nitrogens is 1. The van der Waals surface area contributed by atoms with Gasteiger partial charge in [-0.05, 0) is 31.0 Å². The second kappa shape index (κ2) is 5.58. The van der Waals surface area contributed by atoms with Crippen LogP contribution in [0.2, 0.25) is 0 Å². The smallest absolute Gasteiger partial charge is 0.0675 e. The molecule has 4 nitrogen and oxygen atoms in total. The number of ether oxygens (including phenoxy) is 1. The largest absolute Gasteiger partial charge is 0.390 e. The highest BCUT2D eigenvalue weighted by Crippen LogP contribution is 2.19. The average Bonchev–Trinajstić information content (AvgIpc) is 2.30. The van der Waals surface area contributed by atoms with Crippen LogP contribution in [0.3, 0.4) is 0 Å². The minimum absolute atomic E-state index is 0.251. The lowest BCUT2D eigenvalue weighted by molar-refractivity contribution is 0.00650. The molecule has 0 aromatic carbocycles. The molecule has 0 bridgehead atoms. The summed E-state index contributed by atoms with van der Waals surface area (Å²) in [5, 5.41) is 13.8. The van der Waals surface area contributed by atoms with E-state index in [2.05, 4.69) is 10.3 Å². The van der Waals surface area contributed by atoms with E-state index in [-0.39, 0.29) is 6.04 Å². The molecule has 2 rings (SSSR count). The molecule has 0 spiro atoms. The van der Waals surface area contributed by atoms with E-state index in [0.717, 1.165) is 18.7 Å². The van der Waals surface area contributed by atoms with Gasteiger partial charge in [0.25, 0.3) is 0 Å². The maximum atomic E-state index is 10.4. The fourth-order valence-electron chi connectivity index (χ4n) is 2.29. The molecule has 1 aromatic heterocycles. The molecule has 4 heteroatoms.